The number of nitrogens with zero attached hydrogens (tertiary/aromatic N) is 4. The lowest BCUT2D eigenvalue weighted by Gasteiger charge is -2.40. The largest absolute Gasteiger partial charge is 0.467 e. The zero-order valence-electron chi connectivity index (χ0n) is 15.4. The van der Waals surface area contributed by atoms with E-state index < -0.39 is 28.1 Å². The van der Waals surface area contributed by atoms with Gasteiger partial charge in [-0.1, -0.05) is 0 Å². The van der Waals surface area contributed by atoms with Crippen LogP contribution in [0.4, 0.5) is 0 Å². The number of piperidine rings is 1. The summed E-state index contributed by atoms with van der Waals surface area (Å²) in [6, 6.07) is 1.00. The van der Waals surface area contributed by atoms with E-state index in [0.29, 0.717) is 30.3 Å². The van der Waals surface area contributed by atoms with Crippen LogP contribution in [0.15, 0.2) is 23.4 Å². The molecule has 2 aromatic heterocycles. The molecule has 0 unspecified atom stereocenters. The van der Waals surface area contributed by atoms with E-state index in [-0.39, 0.29) is 17.0 Å². The van der Waals surface area contributed by atoms with Crippen molar-refractivity contribution in [3.63, 3.8) is 0 Å². The highest BCUT2D eigenvalue weighted by Crippen LogP contribution is 2.38. The van der Waals surface area contributed by atoms with E-state index in [1.54, 1.807) is 24.0 Å². The minimum absolute atomic E-state index is 0.122. The fourth-order valence-electron chi connectivity index (χ4n) is 4.10. The molecule has 2 aliphatic heterocycles. The van der Waals surface area contributed by atoms with Crippen LogP contribution in [0.2, 0.25) is 0 Å². The van der Waals surface area contributed by atoms with E-state index in [4.69, 9.17) is 9.47 Å². The molecular formula is C17H22N4O5S. The van der Waals surface area contributed by atoms with Crippen LogP contribution in [0.25, 0.3) is 11.0 Å². The van der Waals surface area contributed by atoms with Gasteiger partial charge in [0.25, 0.3) is 0 Å². The van der Waals surface area contributed by atoms with E-state index in [1.807, 2.05) is 6.92 Å². The number of aryl methyl sites for hydroxylation is 1. The lowest BCUT2D eigenvalue weighted by molar-refractivity contribution is -0.153. The number of sulfonamides is 1. The van der Waals surface area contributed by atoms with Gasteiger partial charge in [-0.15, -0.1) is 0 Å². The second kappa shape index (κ2) is 6.54. The number of aromatic nitrogens is 3. The Labute approximate surface area is 157 Å². The molecule has 9 nitrogen and oxygen atoms in total. The van der Waals surface area contributed by atoms with Crippen LogP contribution in [-0.2, 0) is 31.3 Å². The third kappa shape index (κ3) is 2.91. The van der Waals surface area contributed by atoms with Crippen LogP contribution >= 0.6 is 0 Å². The topological polar surface area (TPSA) is 104 Å². The van der Waals surface area contributed by atoms with E-state index >= 15 is 0 Å². The van der Waals surface area contributed by atoms with Gasteiger partial charge in [-0.05, 0) is 25.8 Å². The third-order valence-corrected chi connectivity index (χ3v) is 7.44. The molecule has 27 heavy (non-hydrogen) atoms. The fourth-order valence-corrected chi connectivity index (χ4v) is 5.96. The maximum atomic E-state index is 13.4. The first-order chi connectivity index (χ1) is 12.8. The molecule has 2 fully saturated rings. The number of carbonyl (C=O) groups excluding carboxylic acids is 1. The number of esters is 1. The van der Waals surface area contributed by atoms with Crippen molar-refractivity contribution in [3.8, 4) is 0 Å². The van der Waals surface area contributed by atoms with Crippen molar-refractivity contribution in [1.29, 1.82) is 0 Å². The summed E-state index contributed by atoms with van der Waals surface area (Å²) in [6.07, 6.45) is 3.59. The van der Waals surface area contributed by atoms with Crippen LogP contribution in [0.3, 0.4) is 0 Å². The monoisotopic (exact) mass is 394 g/mol. The molecular weight excluding hydrogens is 372 g/mol. The molecule has 0 bridgehead atoms. The molecule has 2 aliphatic rings. The average Bonchev–Trinajstić information content (AvgIpc) is 3.24. The molecule has 2 saturated heterocycles. The predicted octanol–water partition coefficient (Wildman–Crippen LogP) is 0.840. The molecule has 4 rings (SSSR count). The lowest BCUT2D eigenvalue weighted by atomic mass is 9.95. The summed E-state index contributed by atoms with van der Waals surface area (Å²) >= 11 is 0. The second-order valence-electron chi connectivity index (χ2n) is 7.10. The Hall–Kier alpha value is -2.04. The second-order valence-corrected chi connectivity index (χ2v) is 8.95. The van der Waals surface area contributed by atoms with Gasteiger partial charge >= 0.3 is 5.97 Å². The maximum absolute atomic E-state index is 13.4. The van der Waals surface area contributed by atoms with Crippen molar-refractivity contribution in [3.05, 3.63) is 18.5 Å². The first-order valence-corrected chi connectivity index (χ1v) is 10.3. The molecule has 4 atom stereocenters. The van der Waals surface area contributed by atoms with E-state index in [2.05, 4.69) is 10.1 Å². The molecule has 10 heteroatoms. The van der Waals surface area contributed by atoms with Gasteiger partial charge in [-0.25, -0.2) is 18.2 Å². The van der Waals surface area contributed by atoms with Crippen molar-refractivity contribution in [2.45, 2.75) is 55.4 Å². The normalized spacial score (nSPS) is 29.0. The Morgan fingerprint density at radius 1 is 1.33 bits per heavy atom. The number of rotatable bonds is 3. The quantitative estimate of drug-likeness (QED) is 0.711. The van der Waals surface area contributed by atoms with Crippen LogP contribution in [0.1, 0.15) is 26.2 Å². The van der Waals surface area contributed by atoms with Gasteiger partial charge in [-0.3, -0.25) is 4.68 Å². The molecule has 0 spiro atoms. The molecule has 0 saturated carbocycles. The SMILES string of the molecule is COC(=O)[C@@H]1C[C@@H]2[C@@H](CC[C@@H](C)N2S(=O)(=O)c2cnc3c(cnn3C)c2)O1. The highest BCUT2D eigenvalue weighted by Gasteiger charge is 2.50. The number of pyridine rings is 1. The van der Waals surface area contributed by atoms with Crippen molar-refractivity contribution < 1.29 is 22.7 Å². The third-order valence-electron chi connectivity index (χ3n) is 5.44. The number of methoxy groups -OCH3 is 1. The Kier molecular flexibility index (Phi) is 4.44. The molecule has 0 aromatic carbocycles. The molecule has 4 heterocycles. The number of hydrogen-bond donors (Lipinski definition) is 0. The van der Waals surface area contributed by atoms with Gasteiger partial charge in [0.05, 0.1) is 25.5 Å². The van der Waals surface area contributed by atoms with Crippen LogP contribution in [0.5, 0.6) is 0 Å². The van der Waals surface area contributed by atoms with E-state index in [9.17, 15) is 13.2 Å². The summed E-state index contributed by atoms with van der Waals surface area (Å²) < 4.78 is 40.5. The van der Waals surface area contributed by atoms with E-state index in [0.717, 1.165) is 0 Å². The summed E-state index contributed by atoms with van der Waals surface area (Å²) in [7, 11) is -0.743. The first-order valence-electron chi connectivity index (χ1n) is 8.87. The Morgan fingerprint density at radius 2 is 2.11 bits per heavy atom. The molecule has 0 amide bonds. The molecule has 0 aliphatic carbocycles. The number of hydrogen-bond acceptors (Lipinski definition) is 7. The summed E-state index contributed by atoms with van der Waals surface area (Å²) in [4.78, 5) is 16.3. The standard InChI is InChI=1S/C17H22N4O5S/c1-10-4-5-14-13(7-15(26-14)17(22)25-3)21(10)27(23,24)12-6-11-8-19-20(2)16(11)18-9-12/h6,8-10,13-15H,4-5,7H2,1-3H3/t10-,13-,14-,15+/m1/s1. The number of fused-ring (bicyclic) bond motifs is 2. The number of carbonyl (C=O) groups is 1. The number of ether oxygens (including phenoxy) is 2. The van der Waals surface area contributed by atoms with Gasteiger partial charge in [0.1, 0.15) is 4.90 Å². The summed E-state index contributed by atoms with van der Waals surface area (Å²) in [6.45, 7) is 1.88. The summed E-state index contributed by atoms with van der Waals surface area (Å²) in [5, 5.41) is 4.77. The van der Waals surface area contributed by atoms with Crippen molar-refractivity contribution in [1.82, 2.24) is 19.1 Å². The average molecular weight is 394 g/mol. The minimum Gasteiger partial charge on any atom is -0.467 e. The Bertz CT molecular complexity index is 988. The molecule has 146 valence electrons. The predicted molar refractivity (Wildman–Crippen MR) is 95.3 cm³/mol. The zero-order chi connectivity index (χ0) is 19.3. The highest BCUT2D eigenvalue weighted by molar-refractivity contribution is 7.89. The van der Waals surface area contributed by atoms with Crippen LogP contribution in [-0.4, -0.2) is 64.9 Å². The fraction of sp³-hybridized carbons (Fsp3) is 0.588. The molecule has 2 aromatic rings. The highest BCUT2D eigenvalue weighted by atomic mass is 32.2. The lowest BCUT2D eigenvalue weighted by Crippen LogP contribution is -2.53. The van der Waals surface area contributed by atoms with Gasteiger partial charge < -0.3 is 9.47 Å². The van der Waals surface area contributed by atoms with Crippen LogP contribution < -0.4 is 0 Å². The Balaban J connectivity index is 1.71. The van der Waals surface area contributed by atoms with Crippen molar-refractivity contribution in [2.75, 3.05) is 7.11 Å². The zero-order valence-corrected chi connectivity index (χ0v) is 16.2. The van der Waals surface area contributed by atoms with Gasteiger partial charge in [-0.2, -0.15) is 9.40 Å². The van der Waals surface area contributed by atoms with Crippen molar-refractivity contribution >= 4 is 27.0 Å². The Morgan fingerprint density at radius 3 is 2.85 bits per heavy atom. The van der Waals surface area contributed by atoms with Gasteiger partial charge in [0.2, 0.25) is 10.0 Å². The van der Waals surface area contributed by atoms with Gasteiger partial charge in [0.15, 0.2) is 11.8 Å². The van der Waals surface area contributed by atoms with Crippen molar-refractivity contribution in [2.24, 2.45) is 7.05 Å². The van der Waals surface area contributed by atoms with Gasteiger partial charge in [0, 0.05) is 31.1 Å². The van der Waals surface area contributed by atoms with Crippen LogP contribution in [0, 0.1) is 0 Å². The summed E-state index contributed by atoms with van der Waals surface area (Å²) in [5.74, 6) is -0.465. The summed E-state index contributed by atoms with van der Waals surface area (Å²) in [5.41, 5.74) is 0.619. The molecule has 0 radical (unpaired) electrons. The smallest absolute Gasteiger partial charge is 0.335 e. The molecule has 0 N–H and O–H groups in total. The van der Waals surface area contributed by atoms with E-state index in [1.165, 1.54) is 17.6 Å². The maximum Gasteiger partial charge on any atom is 0.335 e. The first kappa shape index (κ1) is 18.3. The minimum atomic E-state index is -3.80.